The monoisotopic (exact) mass is 490 g/mol. The summed E-state index contributed by atoms with van der Waals surface area (Å²) in [5, 5.41) is 5.87. The molecule has 146 valence electrons. The van der Waals surface area contributed by atoms with Gasteiger partial charge in [-0.1, -0.05) is 18.2 Å². The Hall–Kier alpha value is -2.35. The first-order valence-electron chi connectivity index (χ1n) is 9.20. The molecule has 2 aromatic carbocycles. The van der Waals surface area contributed by atoms with Crippen molar-refractivity contribution in [2.45, 2.75) is 33.8 Å². The van der Waals surface area contributed by atoms with Crippen molar-refractivity contribution in [3.8, 4) is 11.5 Å². The van der Waals surface area contributed by atoms with E-state index in [0.717, 1.165) is 20.6 Å². The standard InChI is InChI=1S/C22H23IN2O3/c1-5-27-20-13-16(12-19(23)21(20)28-14(2)3)11-18-15(4)24-25(22(18)26)17-9-7-6-8-10-17/h6-14H,5H2,1-4H3/b18-11+. The molecule has 6 heteroatoms. The van der Waals surface area contributed by atoms with Gasteiger partial charge < -0.3 is 9.47 Å². The second-order valence-electron chi connectivity index (χ2n) is 6.63. The van der Waals surface area contributed by atoms with Crippen LogP contribution in [0.5, 0.6) is 11.5 Å². The number of benzene rings is 2. The van der Waals surface area contributed by atoms with Crippen molar-refractivity contribution in [3.05, 3.63) is 57.2 Å². The minimum absolute atomic E-state index is 0.0437. The van der Waals surface area contributed by atoms with E-state index in [-0.39, 0.29) is 12.0 Å². The molecule has 28 heavy (non-hydrogen) atoms. The third kappa shape index (κ3) is 4.38. The number of halogens is 1. The van der Waals surface area contributed by atoms with Crippen LogP contribution in [0.1, 0.15) is 33.3 Å². The van der Waals surface area contributed by atoms with Crippen molar-refractivity contribution in [3.63, 3.8) is 0 Å². The number of ether oxygens (including phenoxy) is 2. The molecule has 1 heterocycles. The van der Waals surface area contributed by atoms with Crippen molar-refractivity contribution in [2.24, 2.45) is 5.10 Å². The maximum Gasteiger partial charge on any atom is 0.280 e. The fraction of sp³-hybridized carbons (Fsp3) is 0.273. The minimum Gasteiger partial charge on any atom is -0.490 e. The molecule has 1 aliphatic rings. The highest BCUT2D eigenvalue weighted by molar-refractivity contribution is 14.1. The summed E-state index contributed by atoms with van der Waals surface area (Å²) in [6, 6.07) is 13.3. The van der Waals surface area contributed by atoms with E-state index in [0.29, 0.717) is 23.6 Å². The number of anilines is 1. The van der Waals surface area contributed by atoms with E-state index < -0.39 is 0 Å². The number of hydrogen-bond donors (Lipinski definition) is 0. The lowest BCUT2D eigenvalue weighted by atomic mass is 10.1. The third-order valence-corrected chi connectivity index (χ3v) is 4.86. The topological polar surface area (TPSA) is 51.1 Å². The second-order valence-corrected chi connectivity index (χ2v) is 7.79. The van der Waals surface area contributed by atoms with Gasteiger partial charge in [0.25, 0.3) is 5.91 Å². The number of hydrazone groups is 1. The van der Waals surface area contributed by atoms with Gasteiger partial charge in [-0.2, -0.15) is 10.1 Å². The van der Waals surface area contributed by atoms with Crippen molar-refractivity contribution in [2.75, 3.05) is 11.6 Å². The number of nitrogens with zero attached hydrogens (tertiary/aromatic N) is 2. The Balaban J connectivity index is 1.97. The zero-order valence-corrected chi connectivity index (χ0v) is 18.6. The first kappa shape index (κ1) is 20.4. The van der Waals surface area contributed by atoms with Gasteiger partial charge in [0.2, 0.25) is 0 Å². The Morgan fingerprint density at radius 3 is 2.57 bits per heavy atom. The van der Waals surface area contributed by atoms with E-state index in [2.05, 4.69) is 27.7 Å². The molecular weight excluding hydrogens is 467 g/mol. The van der Waals surface area contributed by atoms with Gasteiger partial charge in [-0.05, 0) is 86.2 Å². The van der Waals surface area contributed by atoms with Crippen LogP contribution in [0.15, 0.2) is 53.1 Å². The highest BCUT2D eigenvalue weighted by Crippen LogP contribution is 2.36. The number of carbonyl (C=O) groups is 1. The highest BCUT2D eigenvalue weighted by Gasteiger charge is 2.28. The van der Waals surface area contributed by atoms with Crippen LogP contribution in [0.4, 0.5) is 5.69 Å². The molecule has 0 N–H and O–H groups in total. The Kier molecular flexibility index (Phi) is 6.39. The molecule has 0 atom stereocenters. The van der Waals surface area contributed by atoms with E-state index in [1.807, 2.05) is 76.2 Å². The summed E-state index contributed by atoms with van der Waals surface area (Å²) in [5.41, 5.74) is 2.88. The molecule has 0 unspecified atom stereocenters. The van der Waals surface area contributed by atoms with Crippen LogP contribution in [0, 0.1) is 3.57 Å². The average Bonchev–Trinajstić information content (AvgIpc) is 2.93. The summed E-state index contributed by atoms with van der Waals surface area (Å²) in [4.78, 5) is 12.9. The van der Waals surface area contributed by atoms with Crippen LogP contribution in [0.2, 0.25) is 0 Å². The predicted molar refractivity (Wildman–Crippen MR) is 121 cm³/mol. The SMILES string of the molecule is CCOc1cc(/C=C2/C(=O)N(c3ccccc3)N=C2C)cc(I)c1OC(C)C. The van der Waals surface area contributed by atoms with Gasteiger partial charge in [0.05, 0.1) is 33.3 Å². The molecule has 0 spiro atoms. The Labute approximate surface area is 179 Å². The highest BCUT2D eigenvalue weighted by atomic mass is 127. The van der Waals surface area contributed by atoms with Crippen molar-refractivity contribution < 1.29 is 14.3 Å². The van der Waals surface area contributed by atoms with Gasteiger partial charge in [-0.3, -0.25) is 4.79 Å². The van der Waals surface area contributed by atoms with Gasteiger partial charge >= 0.3 is 0 Å². The normalized spacial score (nSPS) is 15.4. The molecule has 0 radical (unpaired) electrons. The first-order chi connectivity index (χ1) is 13.4. The molecule has 0 saturated carbocycles. The van der Waals surface area contributed by atoms with Gasteiger partial charge in [-0.15, -0.1) is 0 Å². The molecule has 0 aromatic heterocycles. The number of para-hydroxylation sites is 1. The van der Waals surface area contributed by atoms with Crippen LogP contribution in [0.3, 0.4) is 0 Å². The Morgan fingerprint density at radius 1 is 1.21 bits per heavy atom. The van der Waals surface area contributed by atoms with Crippen LogP contribution >= 0.6 is 22.6 Å². The van der Waals surface area contributed by atoms with Crippen LogP contribution < -0.4 is 14.5 Å². The summed E-state index contributed by atoms with van der Waals surface area (Å²) < 4.78 is 12.6. The molecule has 5 nitrogen and oxygen atoms in total. The van der Waals surface area contributed by atoms with Gasteiger partial charge in [-0.25, -0.2) is 0 Å². The zero-order valence-electron chi connectivity index (χ0n) is 16.4. The molecule has 1 amide bonds. The van der Waals surface area contributed by atoms with Crippen molar-refractivity contribution in [1.82, 2.24) is 0 Å². The van der Waals surface area contributed by atoms with Crippen molar-refractivity contribution >= 4 is 46.0 Å². The summed E-state index contributed by atoms with van der Waals surface area (Å²) in [7, 11) is 0. The smallest absolute Gasteiger partial charge is 0.280 e. The summed E-state index contributed by atoms with van der Waals surface area (Å²) in [6.07, 6.45) is 1.90. The molecule has 2 aromatic rings. The Morgan fingerprint density at radius 2 is 1.93 bits per heavy atom. The molecule has 3 rings (SSSR count). The first-order valence-corrected chi connectivity index (χ1v) is 10.3. The summed E-state index contributed by atoms with van der Waals surface area (Å²) >= 11 is 2.24. The van der Waals surface area contributed by atoms with Crippen LogP contribution in [-0.2, 0) is 4.79 Å². The number of hydrogen-bond acceptors (Lipinski definition) is 4. The maximum absolute atomic E-state index is 12.9. The lowest BCUT2D eigenvalue weighted by Crippen LogP contribution is -2.21. The van der Waals surface area contributed by atoms with Crippen molar-refractivity contribution in [1.29, 1.82) is 0 Å². The largest absolute Gasteiger partial charge is 0.490 e. The van der Waals surface area contributed by atoms with E-state index in [4.69, 9.17) is 9.47 Å². The molecule has 0 aliphatic carbocycles. The van der Waals surface area contributed by atoms with Crippen LogP contribution in [0.25, 0.3) is 6.08 Å². The van der Waals surface area contributed by atoms with Crippen LogP contribution in [-0.4, -0.2) is 24.3 Å². The summed E-state index contributed by atoms with van der Waals surface area (Å²) in [5.74, 6) is 1.27. The average molecular weight is 490 g/mol. The van der Waals surface area contributed by atoms with Gasteiger partial charge in [0.15, 0.2) is 11.5 Å². The number of carbonyl (C=O) groups excluding carboxylic acids is 1. The van der Waals surface area contributed by atoms with Gasteiger partial charge in [0, 0.05) is 0 Å². The van der Waals surface area contributed by atoms with E-state index in [9.17, 15) is 4.79 Å². The number of rotatable bonds is 6. The summed E-state index contributed by atoms with van der Waals surface area (Å²) in [6.45, 7) is 8.28. The molecule has 0 fully saturated rings. The van der Waals surface area contributed by atoms with E-state index in [1.54, 1.807) is 0 Å². The third-order valence-electron chi connectivity index (χ3n) is 4.06. The zero-order chi connectivity index (χ0) is 20.3. The van der Waals surface area contributed by atoms with Gasteiger partial charge in [0.1, 0.15) is 0 Å². The Bertz CT molecular complexity index is 936. The molecule has 0 saturated heterocycles. The lowest BCUT2D eigenvalue weighted by molar-refractivity contribution is -0.114. The lowest BCUT2D eigenvalue weighted by Gasteiger charge is -2.17. The second kappa shape index (κ2) is 8.77. The predicted octanol–water partition coefficient (Wildman–Crippen LogP) is 5.28. The molecular formula is C22H23IN2O3. The maximum atomic E-state index is 12.9. The fourth-order valence-electron chi connectivity index (χ4n) is 2.88. The minimum atomic E-state index is -0.140. The fourth-order valence-corrected chi connectivity index (χ4v) is 3.63. The number of amides is 1. The van der Waals surface area contributed by atoms with E-state index >= 15 is 0 Å². The quantitative estimate of drug-likeness (QED) is 0.409. The molecule has 1 aliphatic heterocycles. The van der Waals surface area contributed by atoms with E-state index in [1.165, 1.54) is 5.01 Å². The molecule has 0 bridgehead atoms.